The Bertz CT molecular complexity index is 3030. The molecule has 1 aliphatic heterocycles. The van der Waals surface area contributed by atoms with E-state index in [0.29, 0.717) is 405 Å². The van der Waals surface area contributed by atoms with Crippen LogP contribution >= 0.6 is 22.9 Å². The van der Waals surface area contributed by atoms with Gasteiger partial charge in [-0.15, -0.1) is 21.5 Å². The minimum absolute atomic E-state index is 0.0627. The SMILES string of the molecule is Cc1sc2c(c1C)C(c1ccc(Cl)cc1)=NC(CC(=O)Nc1ccc(OCCOCCOCCOCCOCCOCCOCCOCCOCCOCCOCCOCCOCCOCCOCCOCCOCCOCCOCCOCCOCCOCCOCCOCCOCCOCCOCCOCCOCCN)cc1)c1nnc(C)n1-2. The topological polar surface area (TPSA) is 366 Å². The average Bonchev–Trinajstić information content (AvgIpc) is 1.59. The first kappa shape index (κ1) is 107. The summed E-state index contributed by atoms with van der Waals surface area (Å²) < 4.78 is 163. The van der Waals surface area contributed by atoms with Crippen LogP contribution in [0.15, 0.2) is 53.5 Å². The van der Waals surface area contributed by atoms with Crippen LogP contribution in [0.2, 0.25) is 5.02 Å². The van der Waals surface area contributed by atoms with Gasteiger partial charge >= 0.3 is 0 Å². The Labute approximate surface area is 723 Å². The molecule has 121 heavy (non-hydrogen) atoms. The van der Waals surface area contributed by atoms with Crippen LogP contribution in [0, 0.1) is 20.8 Å². The third kappa shape index (κ3) is 57.6. The number of fused-ring (bicyclic) bond motifs is 3. The van der Waals surface area contributed by atoms with E-state index >= 15 is 0 Å². The monoisotopic (exact) mass is 1770 g/mol. The molecule has 2 aromatic heterocycles. The number of benzene rings is 2. The lowest BCUT2D eigenvalue weighted by Gasteiger charge is -2.13. The number of hydrogen-bond donors (Lipinski definition) is 2. The Morgan fingerprint density at radius 1 is 0.347 bits per heavy atom. The van der Waals surface area contributed by atoms with E-state index in [1.807, 2.05) is 47.9 Å². The first-order valence-corrected chi connectivity index (χ1v) is 43.3. The van der Waals surface area contributed by atoms with E-state index in [1.165, 1.54) is 4.88 Å². The van der Waals surface area contributed by atoms with Crippen molar-refractivity contribution in [3.8, 4) is 10.8 Å². The fourth-order valence-corrected chi connectivity index (χ4v) is 11.8. The minimum atomic E-state index is -0.580. The van der Waals surface area contributed by atoms with Crippen LogP contribution in [0.25, 0.3) is 5.00 Å². The van der Waals surface area contributed by atoms with Gasteiger partial charge in [-0.3, -0.25) is 14.4 Å². The predicted molar refractivity (Wildman–Crippen MR) is 450 cm³/mol. The number of carbonyl (C=O) groups is 1. The van der Waals surface area contributed by atoms with E-state index in [-0.39, 0.29) is 12.3 Å². The molecule has 38 heteroatoms. The van der Waals surface area contributed by atoms with Crippen LogP contribution in [0.3, 0.4) is 0 Å². The van der Waals surface area contributed by atoms with Crippen molar-refractivity contribution in [2.24, 2.45) is 10.7 Å². The number of thiophene rings is 1. The fraction of sp³-hybridized carbons (Fsp3) is 0.759. The number of halogens is 1. The number of aromatic nitrogens is 3. The Balaban J connectivity index is 0.616. The highest BCUT2D eigenvalue weighted by atomic mass is 35.5. The molecule has 3 heterocycles. The van der Waals surface area contributed by atoms with Crippen LogP contribution in [-0.4, -0.2) is 410 Å². The van der Waals surface area contributed by atoms with Gasteiger partial charge in [-0.25, -0.2) is 0 Å². The molecule has 0 radical (unpaired) electrons. The van der Waals surface area contributed by atoms with Gasteiger partial charge in [0.2, 0.25) is 5.91 Å². The lowest BCUT2D eigenvalue weighted by atomic mass is 9.99. The van der Waals surface area contributed by atoms with Gasteiger partial charge < -0.3 is 148 Å². The highest BCUT2D eigenvalue weighted by Gasteiger charge is 2.33. The number of aliphatic imine (C=N–C) groups is 1. The van der Waals surface area contributed by atoms with Crippen molar-refractivity contribution in [1.82, 2.24) is 14.8 Å². The largest absolute Gasteiger partial charge is 0.491 e. The maximum atomic E-state index is 13.6. The van der Waals surface area contributed by atoms with Crippen molar-refractivity contribution in [3.63, 3.8) is 0 Å². The zero-order valence-electron chi connectivity index (χ0n) is 71.8. The second kappa shape index (κ2) is 78.8. The Morgan fingerprint density at radius 3 is 0.851 bits per heavy atom. The zero-order chi connectivity index (χ0) is 85.5. The number of hydrogen-bond acceptors (Lipinski definition) is 35. The van der Waals surface area contributed by atoms with Crippen molar-refractivity contribution in [2.75, 3.05) is 388 Å². The van der Waals surface area contributed by atoms with Crippen molar-refractivity contribution in [2.45, 2.75) is 33.2 Å². The number of nitrogens with two attached hydrogens (primary N) is 1. The summed E-state index contributed by atoms with van der Waals surface area (Å²) in [6.07, 6.45) is 0.0627. The fourth-order valence-electron chi connectivity index (χ4n) is 10.5. The molecular weight excluding hydrogens is 1630 g/mol. The molecule has 4 aromatic rings. The molecule has 0 saturated heterocycles. The van der Waals surface area contributed by atoms with Gasteiger partial charge in [-0.05, 0) is 62.7 Å². The van der Waals surface area contributed by atoms with Gasteiger partial charge in [-0.1, -0.05) is 23.7 Å². The van der Waals surface area contributed by atoms with Crippen LogP contribution < -0.4 is 15.8 Å². The van der Waals surface area contributed by atoms with Crippen molar-refractivity contribution >= 4 is 40.2 Å². The molecular formula is C83H139ClN6O30S. The molecule has 1 unspecified atom stereocenters. The van der Waals surface area contributed by atoms with Crippen LogP contribution in [-0.2, 0) is 137 Å². The third-order valence-electron chi connectivity index (χ3n) is 16.7. The van der Waals surface area contributed by atoms with Gasteiger partial charge in [0.25, 0.3) is 0 Å². The van der Waals surface area contributed by atoms with Gasteiger partial charge in [0.05, 0.1) is 382 Å². The molecule has 1 aliphatic rings. The van der Waals surface area contributed by atoms with E-state index in [9.17, 15) is 4.79 Å². The van der Waals surface area contributed by atoms with Gasteiger partial charge in [-0.2, -0.15) is 0 Å². The molecule has 0 bridgehead atoms. The summed E-state index contributed by atoms with van der Waals surface area (Å²) in [4.78, 5) is 19.9. The minimum Gasteiger partial charge on any atom is -0.491 e. The number of nitrogens with one attached hydrogen (secondary N) is 1. The highest BCUT2D eigenvalue weighted by Crippen LogP contribution is 2.40. The second-order valence-corrected chi connectivity index (χ2v) is 27.6. The molecule has 0 saturated carbocycles. The average molecular weight is 1770 g/mol. The maximum Gasteiger partial charge on any atom is 0.227 e. The molecule has 0 aliphatic carbocycles. The number of carbonyl (C=O) groups excluding carboxylic acids is 1. The molecule has 1 atom stereocenters. The molecule has 3 N–H and O–H groups in total. The van der Waals surface area contributed by atoms with Crippen molar-refractivity contribution in [1.29, 1.82) is 0 Å². The maximum absolute atomic E-state index is 13.6. The van der Waals surface area contributed by atoms with Gasteiger partial charge in [0, 0.05) is 33.3 Å². The summed E-state index contributed by atoms with van der Waals surface area (Å²) in [5, 5.41) is 13.5. The van der Waals surface area contributed by atoms with Crippen LogP contribution in [0.4, 0.5) is 5.69 Å². The normalized spacial score (nSPS) is 12.7. The van der Waals surface area contributed by atoms with E-state index in [1.54, 1.807) is 23.5 Å². The van der Waals surface area contributed by atoms with Gasteiger partial charge in [0.1, 0.15) is 29.2 Å². The summed E-state index contributed by atoms with van der Waals surface area (Å²) in [6, 6.07) is 14.2. The lowest BCUT2D eigenvalue weighted by Crippen LogP contribution is -2.17. The summed E-state index contributed by atoms with van der Waals surface area (Å²) in [5.74, 6) is 1.79. The quantitative estimate of drug-likeness (QED) is 0.0506. The van der Waals surface area contributed by atoms with E-state index in [0.717, 1.165) is 33.2 Å². The van der Waals surface area contributed by atoms with Crippen LogP contribution in [0.5, 0.6) is 5.75 Å². The number of anilines is 1. The van der Waals surface area contributed by atoms with Crippen LogP contribution in [0.1, 0.15) is 45.7 Å². The summed E-state index contributed by atoms with van der Waals surface area (Å²) >= 11 is 7.93. The summed E-state index contributed by atoms with van der Waals surface area (Å²) in [7, 11) is 0. The summed E-state index contributed by atoms with van der Waals surface area (Å²) in [6.45, 7) is 33.7. The number of aryl methyl sites for hydroxylation is 2. The standard InChI is InChI=1S/C83H139ClN6O30S/c1-71-72(2)121-83-80(71)81(74-4-6-75(84)7-5-74)87-78(82-89-88-73(3)90(82)83)70-79(91)86-76-8-10-77(11-9-76)120-69-68-119-67-66-118-65-64-117-63-62-116-61-60-115-59-58-114-57-56-113-55-54-112-53-52-111-51-50-110-49-48-109-47-46-108-45-44-107-43-42-106-41-40-105-39-38-104-37-36-103-35-34-102-33-32-101-31-30-100-29-28-99-27-26-98-25-24-97-23-22-96-21-20-95-19-18-94-17-16-93-15-14-92-13-12-85/h4-11,78H,12-70,85H2,1-3H3,(H,86,91). The predicted octanol–water partition coefficient (Wildman–Crippen LogP) is 5.63. The molecule has 2 aromatic carbocycles. The number of ether oxygens (including phenoxy) is 29. The Morgan fingerprint density at radius 2 is 0.595 bits per heavy atom. The zero-order valence-corrected chi connectivity index (χ0v) is 73.4. The third-order valence-corrected chi connectivity index (χ3v) is 18.1. The molecule has 5 rings (SSSR count). The Kier molecular flexibility index (Phi) is 69.6. The molecule has 0 spiro atoms. The molecule has 36 nitrogen and oxygen atoms in total. The van der Waals surface area contributed by atoms with Crippen molar-refractivity contribution < 1.29 is 142 Å². The number of amides is 1. The number of rotatable bonds is 91. The van der Waals surface area contributed by atoms with Crippen molar-refractivity contribution in [3.05, 3.63) is 86.8 Å². The Hall–Kier alpha value is -4.65. The van der Waals surface area contributed by atoms with E-state index in [2.05, 4.69) is 29.4 Å². The lowest BCUT2D eigenvalue weighted by molar-refractivity contribution is -0.116. The molecule has 0 fully saturated rings. The van der Waals surface area contributed by atoms with E-state index < -0.39 is 6.04 Å². The smallest absolute Gasteiger partial charge is 0.227 e. The first-order valence-electron chi connectivity index (χ1n) is 42.1. The second-order valence-electron chi connectivity index (χ2n) is 26.0. The molecule has 1 amide bonds. The van der Waals surface area contributed by atoms with Gasteiger partial charge in [0.15, 0.2) is 5.82 Å². The highest BCUT2D eigenvalue weighted by molar-refractivity contribution is 7.15. The first-order chi connectivity index (χ1) is 59.9. The van der Waals surface area contributed by atoms with E-state index in [4.69, 9.17) is 160 Å². The number of nitrogens with zero attached hydrogens (tertiary/aromatic N) is 4. The summed E-state index contributed by atoms with van der Waals surface area (Å²) in [5.41, 5.74) is 9.83. The molecule has 694 valence electrons.